The highest BCUT2D eigenvalue weighted by Crippen LogP contribution is 2.31. The van der Waals surface area contributed by atoms with Gasteiger partial charge >= 0.3 is 0 Å². The molecular weight excluding hydrogens is 326 g/mol. The first-order valence-electron chi connectivity index (χ1n) is 5.92. The van der Waals surface area contributed by atoms with Gasteiger partial charge in [0.25, 0.3) is 0 Å². The Balaban J connectivity index is 2.42. The van der Waals surface area contributed by atoms with E-state index in [1.54, 1.807) is 7.11 Å². The van der Waals surface area contributed by atoms with Crippen molar-refractivity contribution < 1.29 is 4.74 Å². The monoisotopic (exact) mass is 339 g/mol. The summed E-state index contributed by atoms with van der Waals surface area (Å²) in [4.78, 5) is 0. The lowest BCUT2D eigenvalue weighted by molar-refractivity contribution is 0.414. The first kappa shape index (κ1) is 14.4. The van der Waals surface area contributed by atoms with Crippen LogP contribution in [0.1, 0.15) is 17.2 Å². The standard InChI is InChI=1S/C15H15BrClNO/c1-18-15(10-4-3-5-11(16)8-10)13-7-6-12(19-2)9-14(13)17/h3-9,15,18H,1-2H3. The fourth-order valence-corrected chi connectivity index (χ4v) is 2.75. The van der Waals surface area contributed by atoms with Crippen LogP contribution >= 0.6 is 27.5 Å². The first-order chi connectivity index (χ1) is 9.15. The van der Waals surface area contributed by atoms with Crippen LogP contribution in [0.3, 0.4) is 0 Å². The Morgan fingerprint density at radius 2 is 2.00 bits per heavy atom. The van der Waals surface area contributed by atoms with Crippen LogP contribution in [0, 0.1) is 0 Å². The lowest BCUT2D eigenvalue weighted by Gasteiger charge is -2.19. The minimum atomic E-state index is 0.0518. The molecule has 0 aromatic heterocycles. The summed E-state index contributed by atoms with van der Waals surface area (Å²) in [6.07, 6.45) is 0. The summed E-state index contributed by atoms with van der Waals surface area (Å²) in [7, 11) is 3.56. The highest BCUT2D eigenvalue weighted by atomic mass is 79.9. The van der Waals surface area contributed by atoms with E-state index in [0.717, 1.165) is 21.3 Å². The third kappa shape index (κ3) is 3.30. The summed E-state index contributed by atoms with van der Waals surface area (Å²) in [6, 6.07) is 14.0. The van der Waals surface area contributed by atoms with Crippen molar-refractivity contribution in [1.82, 2.24) is 5.32 Å². The molecule has 1 N–H and O–H groups in total. The van der Waals surface area contributed by atoms with Crippen LogP contribution in [0.25, 0.3) is 0 Å². The Hall–Kier alpha value is -1.03. The first-order valence-corrected chi connectivity index (χ1v) is 7.09. The van der Waals surface area contributed by atoms with Crippen LogP contribution in [-0.4, -0.2) is 14.2 Å². The molecule has 2 nitrogen and oxygen atoms in total. The molecule has 0 saturated heterocycles. The zero-order valence-corrected chi connectivity index (χ0v) is 13.1. The van der Waals surface area contributed by atoms with Crippen molar-refractivity contribution in [2.45, 2.75) is 6.04 Å². The van der Waals surface area contributed by atoms with Gasteiger partial charge in [0.2, 0.25) is 0 Å². The third-order valence-electron chi connectivity index (χ3n) is 2.99. The number of benzene rings is 2. The van der Waals surface area contributed by atoms with Crippen molar-refractivity contribution in [3.05, 3.63) is 63.1 Å². The highest BCUT2D eigenvalue weighted by molar-refractivity contribution is 9.10. The SMILES string of the molecule is CNC(c1cccc(Br)c1)c1ccc(OC)cc1Cl. The van der Waals surface area contributed by atoms with Gasteiger partial charge in [-0.25, -0.2) is 0 Å². The average molecular weight is 341 g/mol. The van der Waals surface area contributed by atoms with Gasteiger partial charge in [0, 0.05) is 9.50 Å². The molecule has 0 radical (unpaired) electrons. The second kappa shape index (κ2) is 6.42. The van der Waals surface area contributed by atoms with Gasteiger partial charge in [-0.1, -0.05) is 45.7 Å². The molecular formula is C15H15BrClNO. The normalized spacial score (nSPS) is 12.2. The summed E-state index contributed by atoms with van der Waals surface area (Å²) >= 11 is 9.83. The van der Waals surface area contributed by atoms with Gasteiger partial charge in [-0.3, -0.25) is 0 Å². The Labute approximate surface area is 126 Å². The van der Waals surface area contributed by atoms with Crippen LogP contribution in [-0.2, 0) is 0 Å². The number of halogens is 2. The highest BCUT2D eigenvalue weighted by Gasteiger charge is 2.15. The van der Waals surface area contributed by atoms with Crippen molar-refractivity contribution in [2.24, 2.45) is 0 Å². The molecule has 1 atom stereocenters. The molecule has 0 bridgehead atoms. The molecule has 4 heteroatoms. The number of hydrogen-bond acceptors (Lipinski definition) is 2. The van der Waals surface area contributed by atoms with Crippen molar-refractivity contribution in [1.29, 1.82) is 0 Å². The van der Waals surface area contributed by atoms with Crippen molar-refractivity contribution >= 4 is 27.5 Å². The smallest absolute Gasteiger partial charge is 0.120 e. The molecule has 1 unspecified atom stereocenters. The second-order valence-electron chi connectivity index (χ2n) is 4.16. The second-order valence-corrected chi connectivity index (χ2v) is 5.49. The fourth-order valence-electron chi connectivity index (χ4n) is 2.06. The van der Waals surface area contributed by atoms with E-state index in [2.05, 4.69) is 33.4 Å². The van der Waals surface area contributed by atoms with Gasteiger partial charge in [0.1, 0.15) is 5.75 Å². The summed E-state index contributed by atoms with van der Waals surface area (Å²) < 4.78 is 6.23. The Morgan fingerprint density at radius 3 is 2.58 bits per heavy atom. The molecule has 0 amide bonds. The molecule has 100 valence electrons. The van der Waals surface area contributed by atoms with E-state index in [0.29, 0.717) is 5.02 Å². The maximum atomic E-state index is 6.34. The molecule has 0 fully saturated rings. The van der Waals surface area contributed by atoms with Crippen LogP contribution in [0.5, 0.6) is 5.75 Å². The van der Waals surface area contributed by atoms with E-state index in [4.69, 9.17) is 16.3 Å². The van der Waals surface area contributed by atoms with Crippen LogP contribution in [0.15, 0.2) is 46.9 Å². The number of methoxy groups -OCH3 is 1. The van der Waals surface area contributed by atoms with Crippen LogP contribution in [0.2, 0.25) is 5.02 Å². The number of nitrogens with one attached hydrogen (secondary N) is 1. The van der Waals surface area contributed by atoms with Crippen molar-refractivity contribution in [3.8, 4) is 5.75 Å². The van der Waals surface area contributed by atoms with E-state index in [9.17, 15) is 0 Å². The Bertz CT molecular complexity index is 574. The van der Waals surface area contributed by atoms with Gasteiger partial charge in [-0.05, 0) is 42.4 Å². The van der Waals surface area contributed by atoms with E-state index in [1.807, 2.05) is 37.4 Å². The lowest BCUT2D eigenvalue weighted by atomic mass is 9.99. The Morgan fingerprint density at radius 1 is 1.21 bits per heavy atom. The van der Waals surface area contributed by atoms with Gasteiger partial charge in [0.05, 0.1) is 13.2 Å². The lowest BCUT2D eigenvalue weighted by Crippen LogP contribution is -2.18. The summed E-state index contributed by atoms with van der Waals surface area (Å²) in [6.45, 7) is 0. The predicted molar refractivity (Wildman–Crippen MR) is 83.0 cm³/mol. The van der Waals surface area contributed by atoms with E-state index in [1.165, 1.54) is 0 Å². The maximum absolute atomic E-state index is 6.34. The molecule has 2 aromatic carbocycles. The Kier molecular flexibility index (Phi) is 4.86. The van der Waals surface area contributed by atoms with Crippen molar-refractivity contribution in [3.63, 3.8) is 0 Å². The molecule has 0 aliphatic carbocycles. The van der Waals surface area contributed by atoms with Crippen LogP contribution < -0.4 is 10.1 Å². The molecule has 0 spiro atoms. The summed E-state index contributed by atoms with van der Waals surface area (Å²) in [5.41, 5.74) is 2.19. The molecule has 19 heavy (non-hydrogen) atoms. The molecule has 0 aliphatic rings. The van der Waals surface area contributed by atoms with Gasteiger partial charge in [-0.15, -0.1) is 0 Å². The third-order valence-corrected chi connectivity index (χ3v) is 3.81. The molecule has 2 aromatic rings. The fraction of sp³-hybridized carbons (Fsp3) is 0.200. The largest absolute Gasteiger partial charge is 0.497 e. The summed E-state index contributed by atoms with van der Waals surface area (Å²) in [5.74, 6) is 0.762. The zero-order chi connectivity index (χ0) is 13.8. The summed E-state index contributed by atoms with van der Waals surface area (Å²) in [5, 5.41) is 3.99. The number of ether oxygens (including phenoxy) is 1. The number of hydrogen-bond donors (Lipinski definition) is 1. The van der Waals surface area contributed by atoms with E-state index in [-0.39, 0.29) is 6.04 Å². The average Bonchev–Trinajstić information content (AvgIpc) is 2.41. The minimum absolute atomic E-state index is 0.0518. The predicted octanol–water partition coefficient (Wildman–Crippen LogP) is 4.42. The molecule has 0 aliphatic heterocycles. The van der Waals surface area contributed by atoms with E-state index < -0.39 is 0 Å². The maximum Gasteiger partial charge on any atom is 0.120 e. The zero-order valence-electron chi connectivity index (χ0n) is 10.8. The molecule has 0 saturated carbocycles. The van der Waals surface area contributed by atoms with E-state index >= 15 is 0 Å². The molecule has 2 rings (SSSR count). The van der Waals surface area contributed by atoms with Gasteiger partial charge in [-0.2, -0.15) is 0 Å². The number of rotatable bonds is 4. The van der Waals surface area contributed by atoms with Crippen LogP contribution in [0.4, 0.5) is 0 Å². The van der Waals surface area contributed by atoms with Crippen molar-refractivity contribution in [2.75, 3.05) is 14.2 Å². The minimum Gasteiger partial charge on any atom is -0.497 e. The quantitative estimate of drug-likeness (QED) is 0.889. The molecule has 0 heterocycles. The van der Waals surface area contributed by atoms with Gasteiger partial charge in [0.15, 0.2) is 0 Å². The topological polar surface area (TPSA) is 21.3 Å². The van der Waals surface area contributed by atoms with Gasteiger partial charge < -0.3 is 10.1 Å².